The molecule has 1 saturated carbocycles. The van der Waals surface area contributed by atoms with Gasteiger partial charge in [0, 0.05) is 25.1 Å². The lowest BCUT2D eigenvalue weighted by Gasteiger charge is -2.24. The van der Waals surface area contributed by atoms with E-state index in [0.29, 0.717) is 29.7 Å². The zero-order valence-corrected chi connectivity index (χ0v) is 14.7. The number of hydrogen-bond donors (Lipinski definition) is 0. The van der Waals surface area contributed by atoms with E-state index in [1.807, 2.05) is 30.0 Å². The third kappa shape index (κ3) is 2.60. The van der Waals surface area contributed by atoms with Crippen LogP contribution in [0.1, 0.15) is 48.3 Å². The maximum atomic E-state index is 13.0. The van der Waals surface area contributed by atoms with Crippen molar-refractivity contribution in [3.63, 3.8) is 0 Å². The smallest absolute Gasteiger partial charge is 0.254 e. The first-order valence-corrected chi connectivity index (χ1v) is 8.92. The van der Waals surface area contributed by atoms with Crippen molar-refractivity contribution < 1.29 is 14.1 Å². The van der Waals surface area contributed by atoms with E-state index in [-0.39, 0.29) is 11.3 Å². The van der Waals surface area contributed by atoms with Crippen LogP contribution in [0.4, 0.5) is 0 Å². The summed E-state index contributed by atoms with van der Waals surface area (Å²) in [5.74, 6) is 2.61. The molecule has 6 nitrogen and oxygen atoms in total. The Hall–Kier alpha value is -2.37. The third-order valence-corrected chi connectivity index (χ3v) is 5.69. The minimum absolute atomic E-state index is 0.0480. The molecule has 2 aromatic rings. The highest BCUT2D eigenvalue weighted by Gasteiger charge is 2.54. The first-order chi connectivity index (χ1) is 12.2. The largest absolute Gasteiger partial charge is 0.497 e. The predicted molar refractivity (Wildman–Crippen MR) is 91.6 cm³/mol. The molecule has 1 aromatic heterocycles. The predicted octanol–water partition coefficient (Wildman–Crippen LogP) is 2.83. The number of ether oxygens (including phenoxy) is 1. The molecular weight excluding hydrogens is 318 g/mol. The van der Waals surface area contributed by atoms with Crippen molar-refractivity contribution in [3.8, 4) is 5.75 Å². The molecule has 0 bridgehead atoms. The lowest BCUT2D eigenvalue weighted by atomic mass is 9.80. The molecule has 0 N–H and O–H groups in total. The number of methoxy groups -OCH3 is 1. The maximum absolute atomic E-state index is 13.0. The van der Waals surface area contributed by atoms with E-state index in [2.05, 4.69) is 10.1 Å². The van der Waals surface area contributed by atoms with Gasteiger partial charge in [-0.15, -0.1) is 0 Å². The number of nitrogens with zero attached hydrogens (tertiary/aromatic N) is 3. The Bertz CT molecular complexity index is 788. The van der Waals surface area contributed by atoms with Gasteiger partial charge in [-0.05, 0) is 37.0 Å². The van der Waals surface area contributed by atoms with Crippen molar-refractivity contribution in [3.05, 3.63) is 41.5 Å². The fourth-order valence-electron chi connectivity index (χ4n) is 4.35. The van der Waals surface area contributed by atoms with Gasteiger partial charge in [0.1, 0.15) is 5.75 Å². The molecule has 2 fully saturated rings. The zero-order valence-electron chi connectivity index (χ0n) is 14.7. The number of likely N-dealkylation sites (tertiary alicyclic amines) is 1. The molecule has 2 heterocycles. The number of fused-ring (bicyclic) bond motifs is 1. The van der Waals surface area contributed by atoms with E-state index in [9.17, 15) is 4.79 Å². The van der Waals surface area contributed by atoms with Gasteiger partial charge in [0.15, 0.2) is 5.82 Å². The van der Waals surface area contributed by atoms with Gasteiger partial charge in [-0.3, -0.25) is 4.79 Å². The van der Waals surface area contributed by atoms with Gasteiger partial charge in [-0.2, -0.15) is 4.98 Å². The molecule has 1 aliphatic carbocycles. The standard InChI is InChI=1S/C19H23N3O3/c1-3-16-20-18(21-25-16)19-9-5-7-14(19)11-22(12-19)17(23)13-6-4-8-15(10-13)24-2/h4,6,8,10,14H,3,5,7,9,11-12H2,1-2H3. The van der Waals surface area contributed by atoms with E-state index >= 15 is 0 Å². The molecule has 0 radical (unpaired) electrons. The van der Waals surface area contributed by atoms with Gasteiger partial charge in [0.05, 0.1) is 12.5 Å². The molecule has 1 saturated heterocycles. The number of hydrogen-bond acceptors (Lipinski definition) is 5. The van der Waals surface area contributed by atoms with Crippen LogP contribution in [0.3, 0.4) is 0 Å². The Balaban J connectivity index is 1.61. The zero-order chi connectivity index (χ0) is 17.4. The Morgan fingerprint density at radius 1 is 1.48 bits per heavy atom. The summed E-state index contributed by atoms with van der Waals surface area (Å²) in [7, 11) is 1.61. The fraction of sp³-hybridized carbons (Fsp3) is 0.526. The number of rotatable bonds is 4. The Morgan fingerprint density at radius 2 is 2.36 bits per heavy atom. The lowest BCUT2D eigenvalue weighted by Crippen LogP contribution is -2.35. The van der Waals surface area contributed by atoms with Crippen molar-refractivity contribution in [2.45, 2.75) is 38.0 Å². The first kappa shape index (κ1) is 16.1. The van der Waals surface area contributed by atoms with Crippen molar-refractivity contribution in [2.75, 3.05) is 20.2 Å². The van der Waals surface area contributed by atoms with E-state index in [4.69, 9.17) is 9.26 Å². The second kappa shape index (κ2) is 6.17. The summed E-state index contributed by atoms with van der Waals surface area (Å²) in [6.45, 7) is 3.43. The maximum Gasteiger partial charge on any atom is 0.254 e. The van der Waals surface area contributed by atoms with Gasteiger partial charge in [0.25, 0.3) is 5.91 Å². The summed E-state index contributed by atoms with van der Waals surface area (Å²) >= 11 is 0. The van der Waals surface area contributed by atoms with Crippen LogP contribution in [0.15, 0.2) is 28.8 Å². The summed E-state index contributed by atoms with van der Waals surface area (Å²) in [5.41, 5.74) is 0.516. The molecule has 1 aliphatic heterocycles. The highest BCUT2D eigenvalue weighted by molar-refractivity contribution is 5.95. The van der Waals surface area contributed by atoms with Crippen LogP contribution < -0.4 is 4.74 Å². The number of carbonyl (C=O) groups excluding carboxylic acids is 1. The van der Waals surface area contributed by atoms with Gasteiger partial charge >= 0.3 is 0 Å². The number of benzene rings is 1. The second-order valence-corrected chi connectivity index (χ2v) is 7.03. The molecular formula is C19H23N3O3. The van der Waals surface area contributed by atoms with Crippen LogP contribution in [0.2, 0.25) is 0 Å². The lowest BCUT2D eigenvalue weighted by molar-refractivity contribution is 0.0776. The summed E-state index contributed by atoms with van der Waals surface area (Å²) < 4.78 is 10.6. The van der Waals surface area contributed by atoms with Crippen molar-refractivity contribution in [1.82, 2.24) is 15.0 Å². The van der Waals surface area contributed by atoms with Crippen LogP contribution in [0.5, 0.6) is 5.75 Å². The van der Waals surface area contributed by atoms with Crippen molar-refractivity contribution in [1.29, 1.82) is 0 Å². The van der Waals surface area contributed by atoms with Gasteiger partial charge in [-0.25, -0.2) is 0 Å². The van der Waals surface area contributed by atoms with Crippen LogP contribution in [-0.4, -0.2) is 41.1 Å². The average Bonchev–Trinajstić information content (AvgIpc) is 3.34. The topological polar surface area (TPSA) is 68.5 Å². The molecule has 132 valence electrons. The minimum Gasteiger partial charge on any atom is -0.497 e. The molecule has 2 atom stereocenters. The number of amides is 1. The molecule has 25 heavy (non-hydrogen) atoms. The molecule has 0 spiro atoms. The highest BCUT2D eigenvalue weighted by Crippen LogP contribution is 2.49. The average molecular weight is 341 g/mol. The third-order valence-electron chi connectivity index (χ3n) is 5.69. The van der Waals surface area contributed by atoms with Gasteiger partial charge in [-0.1, -0.05) is 24.6 Å². The SMILES string of the molecule is CCc1nc(C23CCCC2CN(C(=O)c2cccc(OC)c2)C3)no1. The molecule has 2 aliphatic rings. The van der Waals surface area contributed by atoms with Gasteiger partial charge < -0.3 is 14.2 Å². The Morgan fingerprint density at radius 3 is 3.12 bits per heavy atom. The second-order valence-electron chi connectivity index (χ2n) is 7.03. The van der Waals surface area contributed by atoms with E-state index < -0.39 is 0 Å². The van der Waals surface area contributed by atoms with Crippen LogP contribution >= 0.6 is 0 Å². The molecule has 1 amide bonds. The van der Waals surface area contributed by atoms with E-state index in [1.165, 1.54) is 0 Å². The number of aryl methyl sites for hydroxylation is 1. The normalized spacial score (nSPS) is 25.2. The van der Waals surface area contributed by atoms with E-state index in [0.717, 1.165) is 38.1 Å². The monoisotopic (exact) mass is 341 g/mol. The number of aromatic nitrogens is 2. The van der Waals surface area contributed by atoms with Crippen LogP contribution in [-0.2, 0) is 11.8 Å². The molecule has 1 aromatic carbocycles. The fourth-order valence-corrected chi connectivity index (χ4v) is 4.35. The first-order valence-electron chi connectivity index (χ1n) is 8.92. The summed E-state index contributed by atoms with van der Waals surface area (Å²) in [4.78, 5) is 19.5. The highest BCUT2D eigenvalue weighted by atomic mass is 16.5. The van der Waals surface area contributed by atoms with Crippen molar-refractivity contribution >= 4 is 5.91 Å². The Kier molecular flexibility index (Phi) is 3.98. The Labute approximate surface area is 147 Å². The molecule has 6 heteroatoms. The summed E-state index contributed by atoms with van der Waals surface area (Å²) in [5, 5.41) is 4.25. The summed E-state index contributed by atoms with van der Waals surface area (Å²) in [6.07, 6.45) is 4.02. The van der Waals surface area contributed by atoms with Crippen LogP contribution in [0.25, 0.3) is 0 Å². The van der Waals surface area contributed by atoms with Gasteiger partial charge in [0.2, 0.25) is 5.89 Å². The minimum atomic E-state index is -0.147. The van der Waals surface area contributed by atoms with Crippen molar-refractivity contribution in [2.24, 2.45) is 5.92 Å². The van der Waals surface area contributed by atoms with E-state index in [1.54, 1.807) is 13.2 Å². The van der Waals surface area contributed by atoms with Crippen LogP contribution in [0, 0.1) is 5.92 Å². The molecule has 4 rings (SSSR count). The molecule has 2 unspecified atom stereocenters. The quantitative estimate of drug-likeness (QED) is 0.855. The number of carbonyl (C=O) groups is 1. The summed E-state index contributed by atoms with van der Waals surface area (Å²) in [6, 6.07) is 7.34.